The van der Waals surface area contributed by atoms with Crippen LogP contribution in [0, 0.1) is 18.7 Å². The van der Waals surface area contributed by atoms with E-state index in [1.54, 1.807) is 34.4 Å². The van der Waals surface area contributed by atoms with Crippen molar-refractivity contribution in [2.75, 3.05) is 26.8 Å². The van der Waals surface area contributed by atoms with Crippen LogP contribution in [-0.2, 0) is 26.7 Å². The SMILES string of the molecule is COCCn1cc(S(=O)(=O)N2C[C@H]3[C@H](c4ccccc4)[C@@]3(c3cc4cnn(-c5ccc(F)cc5)c4cc3C)C2)cn1. The number of halogens is 1. The predicted octanol–water partition coefficient (Wildman–Crippen LogP) is 4.67. The Hall–Kier alpha value is -3.86. The van der Waals surface area contributed by atoms with E-state index in [1.807, 2.05) is 29.1 Å². The van der Waals surface area contributed by atoms with E-state index >= 15 is 0 Å². The zero-order chi connectivity index (χ0) is 28.4. The molecular formula is C31H30FN5O3S. The first-order valence-electron chi connectivity index (χ1n) is 13.6. The molecule has 3 atom stereocenters. The molecule has 41 heavy (non-hydrogen) atoms. The molecule has 0 spiro atoms. The summed E-state index contributed by atoms with van der Waals surface area (Å²) in [6, 6.07) is 20.9. The molecule has 7 rings (SSSR count). The van der Waals surface area contributed by atoms with Gasteiger partial charge >= 0.3 is 0 Å². The molecule has 210 valence electrons. The second kappa shape index (κ2) is 9.61. The third-order valence-electron chi connectivity index (χ3n) is 8.77. The Kier molecular flexibility index (Phi) is 6.11. The lowest BCUT2D eigenvalue weighted by atomic mass is 9.87. The average Bonchev–Trinajstić information content (AvgIpc) is 3.43. The summed E-state index contributed by atoms with van der Waals surface area (Å²) in [7, 11) is -2.12. The number of piperidine rings is 1. The molecule has 5 aromatic rings. The number of ether oxygens (including phenoxy) is 1. The van der Waals surface area contributed by atoms with Crippen LogP contribution in [0.4, 0.5) is 4.39 Å². The van der Waals surface area contributed by atoms with Crippen molar-refractivity contribution in [2.45, 2.75) is 29.7 Å². The maximum atomic E-state index is 13.8. The van der Waals surface area contributed by atoms with Gasteiger partial charge in [0.05, 0.1) is 36.7 Å². The summed E-state index contributed by atoms with van der Waals surface area (Å²) in [6.45, 7) is 3.85. The van der Waals surface area contributed by atoms with Crippen LogP contribution in [0.15, 0.2) is 90.2 Å². The van der Waals surface area contributed by atoms with Gasteiger partial charge < -0.3 is 4.74 Å². The third-order valence-corrected chi connectivity index (χ3v) is 10.5. The Morgan fingerprint density at radius 1 is 1.05 bits per heavy atom. The van der Waals surface area contributed by atoms with Gasteiger partial charge in [-0.15, -0.1) is 0 Å². The second-order valence-corrected chi connectivity index (χ2v) is 13.0. The number of sulfonamides is 1. The van der Waals surface area contributed by atoms with E-state index in [2.05, 4.69) is 41.4 Å². The predicted molar refractivity (Wildman–Crippen MR) is 153 cm³/mol. The van der Waals surface area contributed by atoms with Crippen molar-refractivity contribution in [3.8, 4) is 5.69 Å². The molecule has 2 aliphatic rings. The van der Waals surface area contributed by atoms with E-state index in [0.29, 0.717) is 26.2 Å². The standard InChI is InChI=1S/C31H30FN5O3S/c1-21-14-29-23(16-34-37(29)25-10-8-24(32)9-11-25)15-27(21)31-20-36(19-28(31)30(31)22-6-4-3-5-7-22)41(38,39)26-17-33-35(18-26)12-13-40-2/h3-11,14-18,28,30H,12-13,19-20H2,1-2H3/t28-,30-,31+/m0/s1. The highest BCUT2D eigenvalue weighted by atomic mass is 32.2. The van der Waals surface area contributed by atoms with Crippen LogP contribution in [0.25, 0.3) is 16.6 Å². The highest BCUT2D eigenvalue weighted by Gasteiger charge is 2.71. The summed E-state index contributed by atoms with van der Waals surface area (Å²) in [6.07, 6.45) is 4.84. The van der Waals surface area contributed by atoms with Crippen molar-refractivity contribution < 1.29 is 17.5 Å². The monoisotopic (exact) mass is 571 g/mol. The average molecular weight is 572 g/mol. The van der Waals surface area contributed by atoms with E-state index < -0.39 is 10.0 Å². The molecule has 8 nitrogen and oxygen atoms in total. The van der Waals surface area contributed by atoms with Gasteiger partial charge in [0.1, 0.15) is 10.7 Å². The maximum absolute atomic E-state index is 13.8. The first-order valence-corrected chi connectivity index (χ1v) is 15.1. The smallest absolute Gasteiger partial charge is 0.246 e. The first kappa shape index (κ1) is 26.1. The Labute approximate surface area is 238 Å². The van der Waals surface area contributed by atoms with Crippen LogP contribution in [0.3, 0.4) is 0 Å². The Bertz CT molecular complexity index is 1850. The summed E-state index contributed by atoms with van der Waals surface area (Å²) in [4.78, 5) is 0.203. The zero-order valence-electron chi connectivity index (χ0n) is 22.8. The number of hydrogen-bond acceptors (Lipinski definition) is 5. The van der Waals surface area contributed by atoms with Gasteiger partial charge in [0.25, 0.3) is 0 Å². The lowest BCUT2D eigenvalue weighted by molar-refractivity contribution is 0.183. The number of rotatable bonds is 8. The number of fused-ring (bicyclic) bond motifs is 2. The molecule has 2 fully saturated rings. The van der Waals surface area contributed by atoms with Crippen LogP contribution < -0.4 is 0 Å². The van der Waals surface area contributed by atoms with Gasteiger partial charge in [-0.05, 0) is 65.9 Å². The van der Waals surface area contributed by atoms with Crippen molar-refractivity contribution in [2.24, 2.45) is 5.92 Å². The molecule has 1 aliphatic heterocycles. The number of nitrogens with zero attached hydrogens (tertiary/aromatic N) is 5. The normalized spacial score (nSPS) is 22.3. The van der Waals surface area contributed by atoms with Crippen molar-refractivity contribution >= 4 is 20.9 Å². The van der Waals surface area contributed by atoms with Crippen molar-refractivity contribution in [3.05, 3.63) is 108 Å². The molecule has 1 saturated carbocycles. The molecule has 1 aliphatic carbocycles. The minimum Gasteiger partial charge on any atom is -0.383 e. The number of hydrogen-bond donors (Lipinski definition) is 0. The molecule has 1 saturated heterocycles. The fourth-order valence-corrected chi connectivity index (χ4v) is 8.28. The van der Waals surface area contributed by atoms with Gasteiger partial charge in [-0.3, -0.25) is 4.68 Å². The molecule has 3 heterocycles. The summed E-state index contributed by atoms with van der Waals surface area (Å²) in [5, 5.41) is 9.81. The Morgan fingerprint density at radius 3 is 2.59 bits per heavy atom. The number of methoxy groups -OCH3 is 1. The van der Waals surface area contributed by atoms with Crippen molar-refractivity contribution in [1.29, 1.82) is 0 Å². The van der Waals surface area contributed by atoms with E-state index in [1.165, 1.54) is 23.9 Å². The minimum atomic E-state index is -3.73. The van der Waals surface area contributed by atoms with Crippen LogP contribution in [-0.4, -0.2) is 59.1 Å². The highest BCUT2D eigenvalue weighted by molar-refractivity contribution is 7.89. The first-order chi connectivity index (χ1) is 19.8. The van der Waals surface area contributed by atoms with E-state index in [4.69, 9.17) is 4.74 Å². The summed E-state index contributed by atoms with van der Waals surface area (Å²) in [5.74, 6) is 0.0620. The summed E-state index contributed by atoms with van der Waals surface area (Å²) >= 11 is 0. The van der Waals surface area contributed by atoms with Gasteiger partial charge in [-0.1, -0.05) is 30.3 Å². The summed E-state index contributed by atoms with van der Waals surface area (Å²) in [5.41, 5.74) is 4.81. The lowest BCUT2D eigenvalue weighted by Crippen LogP contribution is -2.34. The number of aromatic nitrogens is 4. The van der Waals surface area contributed by atoms with Crippen LogP contribution in [0.1, 0.15) is 22.6 Å². The molecule has 10 heteroatoms. The largest absolute Gasteiger partial charge is 0.383 e. The minimum absolute atomic E-state index is 0.145. The molecule has 0 bridgehead atoms. The molecule has 0 radical (unpaired) electrons. The zero-order valence-corrected chi connectivity index (χ0v) is 23.6. The molecule has 2 aromatic heterocycles. The van der Waals surface area contributed by atoms with E-state index in [9.17, 15) is 12.8 Å². The highest BCUT2D eigenvalue weighted by Crippen LogP contribution is 2.70. The van der Waals surface area contributed by atoms with Gasteiger partial charge in [0, 0.05) is 43.1 Å². The lowest BCUT2D eigenvalue weighted by Gasteiger charge is -2.25. The second-order valence-electron chi connectivity index (χ2n) is 11.0. The van der Waals surface area contributed by atoms with Gasteiger partial charge in [0.2, 0.25) is 10.0 Å². The van der Waals surface area contributed by atoms with Crippen molar-refractivity contribution in [1.82, 2.24) is 23.9 Å². The quantitative estimate of drug-likeness (QED) is 0.270. The third kappa shape index (κ3) is 4.12. The van der Waals surface area contributed by atoms with E-state index in [0.717, 1.165) is 27.7 Å². The Morgan fingerprint density at radius 2 is 1.83 bits per heavy atom. The molecular weight excluding hydrogens is 541 g/mol. The fourth-order valence-electron chi connectivity index (χ4n) is 6.81. The van der Waals surface area contributed by atoms with E-state index in [-0.39, 0.29) is 28.0 Å². The van der Waals surface area contributed by atoms with Gasteiger partial charge in [0.15, 0.2) is 0 Å². The fraction of sp³-hybridized carbons (Fsp3) is 0.290. The Balaban J connectivity index is 1.28. The number of aryl methyl sites for hydroxylation is 1. The van der Waals surface area contributed by atoms with Crippen LogP contribution in [0.2, 0.25) is 0 Å². The van der Waals surface area contributed by atoms with Gasteiger partial charge in [-0.25, -0.2) is 17.5 Å². The number of benzene rings is 3. The molecule has 0 unspecified atom stereocenters. The summed E-state index contributed by atoms with van der Waals surface area (Å²) < 4.78 is 51.3. The molecule has 0 amide bonds. The molecule has 0 N–H and O–H groups in total. The topological polar surface area (TPSA) is 82.3 Å². The van der Waals surface area contributed by atoms with Crippen LogP contribution >= 0.6 is 0 Å². The van der Waals surface area contributed by atoms with Gasteiger partial charge in [-0.2, -0.15) is 14.5 Å². The maximum Gasteiger partial charge on any atom is 0.246 e. The van der Waals surface area contributed by atoms with Crippen molar-refractivity contribution in [3.63, 3.8) is 0 Å². The van der Waals surface area contributed by atoms with Crippen LogP contribution in [0.5, 0.6) is 0 Å². The molecule has 3 aromatic carbocycles.